The van der Waals surface area contributed by atoms with E-state index in [-0.39, 0.29) is 20.1 Å². The molecule has 2 saturated heterocycles. The van der Waals surface area contributed by atoms with Gasteiger partial charge in [-0.05, 0) is 44.9 Å². The summed E-state index contributed by atoms with van der Waals surface area (Å²) in [5.41, 5.74) is 0.521. The van der Waals surface area contributed by atoms with Crippen molar-refractivity contribution in [2.24, 2.45) is 0 Å². The molecule has 2 rings (SSSR count). The smallest absolute Gasteiger partial charge is 0 e. The van der Waals surface area contributed by atoms with Gasteiger partial charge in [0.05, 0.1) is 0 Å². The Morgan fingerprint density at radius 3 is 2.71 bits per heavy atom. The summed E-state index contributed by atoms with van der Waals surface area (Å²) < 4.78 is 0. The van der Waals surface area contributed by atoms with Crippen molar-refractivity contribution in [1.29, 1.82) is 0 Å². The van der Waals surface area contributed by atoms with Crippen molar-refractivity contribution in [3.63, 3.8) is 0 Å². The van der Waals surface area contributed by atoms with Gasteiger partial charge in [0.25, 0.3) is 0 Å². The molecular formula is C11H21IrN2-. The minimum Gasteiger partial charge on any atom is -0.467 e. The molecule has 1 N–H and O–H groups in total. The maximum Gasteiger partial charge on any atom is 0 e. The maximum atomic E-state index is 3.46. The Balaban J connectivity index is 0.000000980. The van der Waals surface area contributed by atoms with E-state index in [0.717, 1.165) is 0 Å². The minimum atomic E-state index is 0. The summed E-state index contributed by atoms with van der Waals surface area (Å²) in [6, 6.07) is 1.49. The predicted octanol–water partition coefficient (Wildman–Crippen LogP) is 1.77. The van der Waals surface area contributed by atoms with Crippen LogP contribution in [0.5, 0.6) is 0 Å². The molecule has 0 aromatic heterocycles. The predicted molar refractivity (Wildman–Crippen MR) is 55.4 cm³/mol. The van der Waals surface area contributed by atoms with Crippen molar-refractivity contribution in [1.82, 2.24) is 10.2 Å². The number of hydrogen-bond donors (Lipinski definition) is 1. The first-order valence-corrected chi connectivity index (χ1v) is 5.50. The van der Waals surface area contributed by atoms with Crippen molar-refractivity contribution >= 4 is 0 Å². The van der Waals surface area contributed by atoms with Crippen LogP contribution in [0.4, 0.5) is 0 Å². The van der Waals surface area contributed by atoms with Gasteiger partial charge in [-0.25, -0.2) is 0 Å². The summed E-state index contributed by atoms with van der Waals surface area (Å²) in [5.74, 6) is 0. The fourth-order valence-corrected chi connectivity index (χ4v) is 2.92. The normalized spacial score (nSPS) is 35.6. The van der Waals surface area contributed by atoms with Gasteiger partial charge in [-0.3, -0.25) is 6.04 Å². The third-order valence-electron chi connectivity index (χ3n) is 3.81. The van der Waals surface area contributed by atoms with Crippen LogP contribution in [0.2, 0.25) is 0 Å². The number of likely N-dealkylation sites (tertiary alicyclic amines) is 1. The topological polar surface area (TPSA) is 15.3 Å². The maximum absolute atomic E-state index is 3.46. The summed E-state index contributed by atoms with van der Waals surface area (Å²) in [7, 11) is 2.30. The average Bonchev–Trinajstić information content (AvgIpc) is 2.11. The zero-order valence-electron chi connectivity index (χ0n) is 9.23. The van der Waals surface area contributed by atoms with Crippen molar-refractivity contribution in [3.8, 4) is 0 Å². The van der Waals surface area contributed by atoms with E-state index < -0.39 is 0 Å². The molecule has 2 heterocycles. The van der Waals surface area contributed by atoms with Gasteiger partial charge in [-0.1, -0.05) is 6.42 Å². The SMILES string of the molecule is C[C-]1CC2(CCCCN2C)CCN1.[Ir]. The van der Waals surface area contributed by atoms with Crippen LogP contribution in [0.15, 0.2) is 0 Å². The molecule has 2 fully saturated rings. The molecule has 1 radical (unpaired) electrons. The zero-order chi connectivity index (χ0) is 9.31. The van der Waals surface area contributed by atoms with E-state index in [2.05, 4.69) is 24.2 Å². The van der Waals surface area contributed by atoms with E-state index in [0.29, 0.717) is 5.54 Å². The Hall–Kier alpha value is 0.569. The molecule has 85 valence electrons. The molecule has 0 amide bonds. The monoisotopic (exact) mass is 374 g/mol. The van der Waals surface area contributed by atoms with Crippen LogP contribution in [-0.4, -0.2) is 30.6 Å². The van der Waals surface area contributed by atoms with Crippen molar-refractivity contribution in [2.45, 2.75) is 44.6 Å². The Bertz CT molecular complexity index is 182. The van der Waals surface area contributed by atoms with Crippen LogP contribution in [0.25, 0.3) is 0 Å². The Labute approximate surface area is 101 Å². The second-order valence-corrected chi connectivity index (χ2v) is 4.74. The molecule has 14 heavy (non-hydrogen) atoms. The quantitative estimate of drug-likeness (QED) is 0.651. The van der Waals surface area contributed by atoms with E-state index in [9.17, 15) is 0 Å². The van der Waals surface area contributed by atoms with Crippen LogP contribution in [0, 0.1) is 6.04 Å². The first kappa shape index (κ1) is 12.6. The fourth-order valence-electron chi connectivity index (χ4n) is 2.92. The van der Waals surface area contributed by atoms with Crippen LogP contribution in [0.3, 0.4) is 0 Å². The number of piperidine rings is 2. The summed E-state index contributed by atoms with van der Waals surface area (Å²) in [6.07, 6.45) is 6.83. The first-order chi connectivity index (χ1) is 6.23. The van der Waals surface area contributed by atoms with Crippen LogP contribution in [-0.2, 0) is 20.1 Å². The van der Waals surface area contributed by atoms with Gasteiger partial charge in [0, 0.05) is 20.1 Å². The molecule has 2 aliphatic rings. The van der Waals surface area contributed by atoms with Crippen molar-refractivity contribution in [3.05, 3.63) is 6.04 Å². The van der Waals surface area contributed by atoms with Gasteiger partial charge in [0.2, 0.25) is 0 Å². The van der Waals surface area contributed by atoms with Crippen LogP contribution in [0.1, 0.15) is 39.0 Å². The number of rotatable bonds is 0. The summed E-state index contributed by atoms with van der Waals surface area (Å²) >= 11 is 0. The van der Waals surface area contributed by atoms with Crippen LogP contribution < -0.4 is 5.32 Å². The second-order valence-electron chi connectivity index (χ2n) is 4.74. The number of nitrogens with one attached hydrogen (secondary N) is 1. The Kier molecular flexibility index (Phi) is 4.57. The standard InChI is InChI=1S/C11H21N2.Ir/c1-10-9-11(6-7-12-10)5-3-4-8-13(11)2;/h12H,3-9H2,1-2H3;/q-1;. The zero-order valence-corrected chi connectivity index (χ0v) is 11.6. The number of hydrogen-bond acceptors (Lipinski definition) is 2. The third kappa shape index (κ3) is 2.38. The number of nitrogens with zero attached hydrogens (tertiary/aromatic N) is 1. The van der Waals surface area contributed by atoms with Gasteiger partial charge < -0.3 is 10.2 Å². The molecule has 1 unspecified atom stereocenters. The van der Waals surface area contributed by atoms with Crippen LogP contribution >= 0.6 is 0 Å². The Morgan fingerprint density at radius 1 is 1.29 bits per heavy atom. The molecule has 3 heteroatoms. The van der Waals surface area contributed by atoms with E-state index in [1.165, 1.54) is 51.2 Å². The largest absolute Gasteiger partial charge is 0.467 e. The molecular weight excluding hydrogens is 352 g/mol. The second kappa shape index (κ2) is 5.07. The summed E-state index contributed by atoms with van der Waals surface area (Å²) in [5, 5.41) is 3.46. The van der Waals surface area contributed by atoms with E-state index in [4.69, 9.17) is 0 Å². The molecule has 0 aliphatic carbocycles. The Morgan fingerprint density at radius 2 is 2.07 bits per heavy atom. The molecule has 0 aromatic rings. The van der Waals surface area contributed by atoms with E-state index in [1.807, 2.05) is 0 Å². The molecule has 2 nitrogen and oxygen atoms in total. The molecule has 1 atom stereocenters. The molecule has 0 aromatic carbocycles. The van der Waals surface area contributed by atoms with Gasteiger partial charge in [-0.2, -0.15) is 6.92 Å². The van der Waals surface area contributed by atoms with Gasteiger partial charge >= 0.3 is 0 Å². The van der Waals surface area contributed by atoms with Gasteiger partial charge in [-0.15, -0.1) is 6.42 Å². The molecule has 2 aliphatic heterocycles. The van der Waals surface area contributed by atoms with Crippen molar-refractivity contribution < 1.29 is 20.1 Å². The average molecular weight is 374 g/mol. The molecule has 0 saturated carbocycles. The summed E-state index contributed by atoms with van der Waals surface area (Å²) in [4.78, 5) is 2.60. The third-order valence-corrected chi connectivity index (χ3v) is 3.81. The summed E-state index contributed by atoms with van der Waals surface area (Å²) in [6.45, 7) is 4.72. The molecule has 1 spiro atoms. The minimum absolute atomic E-state index is 0. The van der Waals surface area contributed by atoms with Crippen molar-refractivity contribution in [2.75, 3.05) is 20.1 Å². The van der Waals surface area contributed by atoms with E-state index in [1.54, 1.807) is 0 Å². The first-order valence-electron chi connectivity index (χ1n) is 5.50. The molecule has 0 bridgehead atoms. The fraction of sp³-hybridized carbons (Fsp3) is 0.909. The van der Waals surface area contributed by atoms with E-state index >= 15 is 0 Å². The van der Waals surface area contributed by atoms with Gasteiger partial charge in [0.1, 0.15) is 0 Å². The van der Waals surface area contributed by atoms with Gasteiger partial charge in [0.15, 0.2) is 0 Å².